The van der Waals surface area contributed by atoms with Gasteiger partial charge >= 0.3 is 0 Å². The Bertz CT molecular complexity index is 2320. The highest BCUT2D eigenvalue weighted by atomic mass is 14.1. The molecule has 0 aliphatic carbocycles. The molecule has 0 aromatic heterocycles. The first-order valence-electron chi connectivity index (χ1n) is 14.7. The summed E-state index contributed by atoms with van der Waals surface area (Å²) in [4.78, 5) is 0. The van der Waals surface area contributed by atoms with Gasteiger partial charge in [-0.05, 0) is 130 Å². The average Bonchev–Trinajstić information content (AvgIpc) is 3.11. The predicted octanol–water partition coefficient (Wildman–Crippen LogP) is 9.28. The summed E-state index contributed by atoms with van der Waals surface area (Å²) in [5.41, 5.74) is 3.23. The van der Waals surface area contributed by atoms with Crippen molar-refractivity contribution in [1.82, 2.24) is 0 Å². The molecule has 0 saturated heterocycles. The number of rotatable bonds is 1. The molecule has 0 nitrogen and oxygen atoms in total. The highest BCUT2D eigenvalue weighted by molar-refractivity contribution is 6.23. The van der Waals surface area contributed by atoms with Crippen LogP contribution in [0.4, 0.5) is 0 Å². The van der Waals surface area contributed by atoms with Crippen LogP contribution in [-0.2, 0) is 6.42 Å². The van der Waals surface area contributed by atoms with E-state index in [0.717, 1.165) is 17.5 Å². The number of hydrogen-bond acceptors (Lipinski definition) is 0. The zero-order valence-electron chi connectivity index (χ0n) is 26.2. The van der Waals surface area contributed by atoms with Crippen molar-refractivity contribution in [1.29, 1.82) is 0 Å². The lowest BCUT2D eigenvalue weighted by atomic mass is 9.93. The molecule has 0 unspecified atom stereocenters. The zero-order valence-corrected chi connectivity index (χ0v) is 26.2. The maximum atomic E-state index is 3.12. The molecule has 0 fully saturated rings. The van der Waals surface area contributed by atoms with Crippen LogP contribution < -0.4 is 0 Å². The van der Waals surface area contributed by atoms with Gasteiger partial charge in [-0.2, -0.15) is 0 Å². The van der Waals surface area contributed by atoms with Crippen LogP contribution in [-0.4, -0.2) is 0 Å². The van der Waals surface area contributed by atoms with Crippen molar-refractivity contribution in [2.75, 3.05) is 0 Å². The molecule has 6 aromatic rings. The first kappa shape index (κ1) is 32.2. The van der Waals surface area contributed by atoms with E-state index in [4.69, 9.17) is 0 Å². The van der Waals surface area contributed by atoms with Gasteiger partial charge in [0.2, 0.25) is 0 Å². The van der Waals surface area contributed by atoms with E-state index in [1.165, 1.54) is 37.9 Å². The van der Waals surface area contributed by atoms with Gasteiger partial charge in [0.25, 0.3) is 0 Å². The third kappa shape index (κ3) is 9.66. The molecule has 0 spiro atoms. The smallest absolute Gasteiger partial charge is 0.0350 e. The molecule has 0 aliphatic rings. The van der Waals surface area contributed by atoms with Gasteiger partial charge in [0, 0.05) is 17.5 Å². The molecule has 0 N–H and O–H groups in total. The zero-order chi connectivity index (χ0) is 32.2. The number of hydrogen-bond donors (Lipinski definition) is 0. The van der Waals surface area contributed by atoms with Gasteiger partial charge in [-0.1, -0.05) is 127 Å². The van der Waals surface area contributed by atoms with Crippen LogP contribution in [0.1, 0.15) is 37.5 Å². The third-order valence-electron chi connectivity index (χ3n) is 6.56. The van der Waals surface area contributed by atoms with Gasteiger partial charge in [-0.3, -0.25) is 0 Å². The molecule has 0 heteroatoms. The average molecular weight is 583 g/mol. The Kier molecular flexibility index (Phi) is 12.6. The van der Waals surface area contributed by atoms with Crippen molar-refractivity contribution < 1.29 is 0 Å². The SMILES string of the molecule is CC#CC#CC#Cc1ccccc1.CC#CC#CCc1ccccc1.CC#CC#Cc1cc2ccc3cccc4ccc(c1)c2c34. The van der Waals surface area contributed by atoms with Gasteiger partial charge in [-0.15, -0.1) is 0 Å². The molecule has 0 atom stereocenters. The summed E-state index contributed by atoms with van der Waals surface area (Å²) in [6.07, 6.45) is 0.787. The second kappa shape index (κ2) is 18.1. The fraction of sp³-hybridized carbons (Fsp3) is 0.0870. The number of benzene rings is 6. The maximum Gasteiger partial charge on any atom is 0.0350 e. The molecule has 6 aromatic carbocycles. The first-order valence-corrected chi connectivity index (χ1v) is 14.7. The van der Waals surface area contributed by atoms with Gasteiger partial charge in [-0.25, -0.2) is 0 Å². The van der Waals surface area contributed by atoms with Crippen LogP contribution >= 0.6 is 0 Å². The van der Waals surface area contributed by atoms with Crippen molar-refractivity contribution in [2.45, 2.75) is 27.2 Å². The second-order valence-corrected chi connectivity index (χ2v) is 9.71. The van der Waals surface area contributed by atoms with E-state index in [1.54, 1.807) is 20.8 Å². The fourth-order valence-electron chi connectivity index (χ4n) is 4.59. The molecule has 0 heterocycles. The van der Waals surface area contributed by atoms with Crippen molar-refractivity contribution in [3.05, 3.63) is 132 Å². The highest BCUT2D eigenvalue weighted by Crippen LogP contribution is 2.34. The topological polar surface area (TPSA) is 0 Å². The van der Waals surface area contributed by atoms with E-state index in [-0.39, 0.29) is 0 Å². The van der Waals surface area contributed by atoms with Crippen LogP contribution in [0.3, 0.4) is 0 Å². The lowest BCUT2D eigenvalue weighted by Crippen LogP contribution is -1.85. The van der Waals surface area contributed by atoms with Crippen LogP contribution in [0.5, 0.6) is 0 Å². The summed E-state index contributed by atoms with van der Waals surface area (Å²) in [6.45, 7) is 5.34. The quantitative estimate of drug-likeness (QED) is 0.134. The van der Waals surface area contributed by atoms with E-state index in [1.807, 2.05) is 48.5 Å². The molecule has 214 valence electrons. The van der Waals surface area contributed by atoms with Crippen LogP contribution in [0, 0.1) is 82.9 Å². The molecule has 0 bridgehead atoms. The van der Waals surface area contributed by atoms with E-state index >= 15 is 0 Å². The van der Waals surface area contributed by atoms with Crippen LogP contribution in [0.2, 0.25) is 0 Å². The molecule has 0 saturated carbocycles. The van der Waals surface area contributed by atoms with Crippen molar-refractivity contribution >= 4 is 32.3 Å². The molecule has 6 rings (SSSR count). The second-order valence-electron chi connectivity index (χ2n) is 9.71. The Morgan fingerprint density at radius 2 is 0.870 bits per heavy atom. The first-order chi connectivity index (χ1) is 22.7. The summed E-state index contributed by atoms with van der Waals surface area (Å²) in [5, 5.41) is 7.75. The highest BCUT2D eigenvalue weighted by Gasteiger charge is 2.08. The standard InChI is InChI=1S/C21H12.C13H8.C12H10/c1-2-3-4-6-15-13-18-11-9-16-7-5-8-17-10-12-19(14-15)21(18)20(16)17;1-2-3-4-5-7-10-13-11-8-6-9-12-13;1-2-3-4-6-9-12-10-7-5-8-11-12/h5,7-14H,1H3;6,8-9,11-12H,1H3;5,7-8,10-11H,9H2,1H3. The lowest BCUT2D eigenvalue weighted by Gasteiger charge is -2.10. The molecular formula is C46H30. The summed E-state index contributed by atoms with van der Waals surface area (Å²) in [7, 11) is 0. The van der Waals surface area contributed by atoms with Crippen molar-refractivity contribution in [2.24, 2.45) is 0 Å². The Labute approximate surface area is 273 Å². The minimum absolute atomic E-state index is 0.787. The summed E-state index contributed by atoms with van der Waals surface area (Å²) >= 11 is 0. The Morgan fingerprint density at radius 3 is 1.50 bits per heavy atom. The van der Waals surface area contributed by atoms with Crippen LogP contribution in [0.15, 0.2) is 115 Å². The lowest BCUT2D eigenvalue weighted by molar-refractivity contribution is 1.32. The Hall–Kier alpha value is -6.72. The largest absolute Gasteiger partial charge is 0.0925 e. The monoisotopic (exact) mass is 582 g/mol. The van der Waals surface area contributed by atoms with Crippen LogP contribution in [0.25, 0.3) is 32.3 Å². The maximum absolute atomic E-state index is 3.12. The molecule has 0 amide bonds. The third-order valence-corrected chi connectivity index (χ3v) is 6.56. The summed E-state index contributed by atoms with van der Waals surface area (Å²) in [5.74, 6) is 39.0. The predicted molar refractivity (Wildman–Crippen MR) is 196 cm³/mol. The van der Waals surface area contributed by atoms with E-state index < -0.39 is 0 Å². The summed E-state index contributed by atoms with van der Waals surface area (Å²) in [6, 6.07) is 39.4. The molecule has 0 radical (unpaired) electrons. The van der Waals surface area contributed by atoms with E-state index in [9.17, 15) is 0 Å². The molecule has 0 aliphatic heterocycles. The minimum Gasteiger partial charge on any atom is -0.0925 e. The fourth-order valence-corrected chi connectivity index (χ4v) is 4.59. The van der Waals surface area contributed by atoms with Crippen molar-refractivity contribution in [3.63, 3.8) is 0 Å². The van der Waals surface area contributed by atoms with Gasteiger partial charge < -0.3 is 0 Å². The molecule has 46 heavy (non-hydrogen) atoms. The Balaban J connectivity index is 0.000000167. The molecular weight excluding hydrogens is 553 g/mol. The van der Waals surface area contributed by atoms with Gasteiger partial charge in [0.1, 0.15) is 0 Å². The van der Waals surface area contributed by atoms with Gasteiger partial charge in [0.05, 0.1) is 0 Å². The minimum atomic E-state index is 0.787. The van der Waals surface area contributed by atoms with Gasteiger partial charge in [0.15, 0.2) is 0 Å². The normalized spacial score (nSPS) is 8.50. The van der Waals surface area contributed by atoms with E-state index in [0.29, 0.717) is 0 Å². The summed E-state index contributed by atoms with van der Waals surface area (Å²) < 4.78 is 0. The van der Waals surface area contributed by atoms with Crippen molar-refractivity contribution in [3.8, 4) is 82.9 Å². The Morgan fingerprint density at radius 1 is 0.391 bits per heavy atom. The van der Waals surface area contributed by atoms with E-state index in [2.05, 4.69) is 150 Å².